The highest BCUT2D eigenvalue weighted by Crippen LogP contribution is 2.38. The topological polar surface area (TPSA) is 58.6 Å². The number of fused-ring (bicyclic) bond motifs is 1. The number of carbonyl (C=O) groups is 2. The number of nitrogens with one attached hydrogen (secondary N) is 1. The summed E-state index contributed by atoms with van der Waals surface area (Å²) < 4.78 is 5.08. The third-order valence-corrected chi connectivity index (χ3v) is 5.14. The Morgan fingerprint density at radius 1 is 1.46 bits per heavy atom. The van der Waals surface area contributed by atoms with Crippen molar-refractivity contribution in [3.8, 4) is 0 Å². The zero-order chi connectivity index (χ0) is 17.7. The molecule has 132 valence electrons. The van der Waals surface area contributed by atoms with E-state index in [0.717, 1.165) is 4.90 Å². The van der Waals surface area contributed by atoms with Gasteiger partial charge in [-0.05, 0) is 24.1 Å². The number of ether oxygens (including phenoxy) is 1. The Morgan fingerprint density at radius 2 is 2.21 bits per heavy atom. The highest BCUT2D eigenvalue weighted by Gasteiger charge is 2.30. The van der Waals surface area contributed by atoms with Crippen LogP contribution in [0.4, 0.5) is 5.69 Å². The number of amides is 2. The maximum Gasteiger partial charge on any atom is 0.238 e. The molecule has 0 radical (unpaired) electrons. The molecule has 7 heteroatoms. The van der Waals surface area contributed by atoms with Crippen molar-refractivity contribution in [2.75, 3.05) is 32.1 Å². The van der Waals surface area contributed by atoms with E-state index >= 15 is 0 Å². The van der Waals surface area contributed by atoms with Crippen LogP contribution in [0, 0.1) is 5.92 Å². The summed E-state index contributed by atoms with van der Waals surface area (Å²) in [5.41, 5.74) is 0.708. The Balaban J connectivity index is 2.04. The van der Waals surface area contributed by atoms with Gasteiger partial charge >= 0.3 is 0 Å². The van der Waals surface area contributed by atoms with Crippen molar-refractivity contribution in [1.82, 2.24) is 4.90 Å². The van der Waals surface area contributed by atoms with Crippen molar-refractivity contribution in [3.63, 3.8) is 0 Å². The summed E-state index contributed by atoms with van der Waals surface area (Å²) in [4.78, 5) is 27.6. The van der Waals surface area contributed by atoms with Gasteiger partial charge in [-0.1, -0.05) is 25.4 Å². The molecular weight excluding hydrogens is 348 g/mol. The van der Waals surface area contributed by atoms with Crippen LogP contribution in [0.5, 0.6) is 0 Å². The average molecular weight is 371 g/mol. The first-order valence-corrected chi connectivity index (χ1v) is 9.20. The molecule has 1 aliphatic heterocycles. The third-order valence-electron chi connectivity index (χ3n) is 3.62. The number of nitrogens with zero attached hydrogens (tertiary/aromatic N) is 1. The van der Waals surface area contributed by atoms with Gasteiger partial charge in [-0.15, -0.1) is 11.8 Å². The van der Waals surface area contributed by atoms with Crippen molar-refractivity contribution < 1.29 is 14.3 Å². The Kier molecular flexibility index (Phi) is 6.95. The van der Waals surface area contributed by atoms with E-state index in [0.29, 0.717) is 36.3 Å². The molecule has 1 aromatic carbocycles. The van der Waals surface area contributed by atoms with E-state index in [2.05, 4.69) is 19.2 Å². The Bertz CT molecular complexity index is 609. The zero-order valence-corrected chi connectivity index (χ0v) is 15.7. The molecule has 0 aromatic heterocycles. The zero-order valence-electron chi connectivity index (χ0n) is 14.2. The standard InChI is InChI=1S/C17H23ClN2O3S/c1-11(2)10-20(6-7-23-3)16(21)9-15-17(22)19-13-8-12(18)4-5-14(13)24-15/h4-5,8,11,15H,6-7,9-10H2,1-3H3,(H,19,22). The summed E-state index contributed by atoms with van der Waals surface area (Å²) in [5, 5.41) is 2.99. The van der Waals surface area contributed by atoms with E-state index < -0.39 is 5.25 Å². The van der Waals surface area contributed by atoms with E-state index in [9.17, 15) is 9.59 Å². The largest absolute Gasteiger partial charge is 0.383 e. The molecule has 2 rings (SSSR count). The third kappa shape index (κ3) is 5.13. The second kappa shape index (κ2) is 8.74. The van der Waals surface area contributed by atoms with Gasteiger partial charge < -0.3 is 15.0 Å². The van der Waals surface area contributed by atoms with E-state index in [1.807, 2.05) is 6.07 Å². The molecule has 1 heterocycles. The monoisotopic (exact) mass is 370 g/mol. The van der Waals surface area contributed by atoms with Crippen LogP contribution in [0.2, 0.25) is 5.02 Å². The average Bonchev–Trinajstić information content (AvgIpc) is 2.51. The molecule has 24 heavy (non-hydrogen) atoms. The van der Waals surface area contributed by atoms with Crippen molar-refractivity contribution in [2.45, 2.75) is 30.4 Å². The van der Waals surface area contributed by atoms with Gasteiger partial charge in [-0.2, -0.15) is 0 Å². The molecule has 1 aromatic rings. The van der Waals surface area contributed by atoms with Crippen LogP contribution in [0.25, 0.3) is 0 Å². The van der Waals surface area contributed by atoms with E-state index in [4.69, 9.17) is 16.3 Å². The van der Waals surface area contributed by atoms with Crippen molar-refractivity contribution in [3.05, 3.63) is 23.2 Å². The minimum atomic E-state index is -0.427. The molecule has 1 atom stereocenters. The summed E-state index contributed by atoms with van der Waals surface area (Å²) in [6, 6.07) is 5.38. The van der Waals surface area contributed by atoms with Gasteiger partial charge in [-0.3, -0.25) is 9.59 Å². The summed E-state index contributed by atoms with van der Waals surface area (Å²) in [6.45, 7) is 5.82. The molecule has 5 nitrogen and oxygen atoms in total. The van der Waals surface area contributed by atoms with E-state index in [-0.39, 0.29) is 18.2 Å². The minimum Gasteiger partial charge on any atom is -0.383 e. The predicted octanol–water partition coefficient (Wildman–Crippen LogP) is 3.27. The fourth-order valence-electron chi connectivity index (χ4n) is 2.50. The molecular formula is C17H23ClN2O3S. The van der Waals surface area contributed by atoms with Gasteiger partial charge in [-0.25, -0.2) is 0 Å². The fraction of sp³-hybridized carbons (Fsp3) is 0.529. The van der Waals surface area contributed by atoms with Crippen LogP contribution in [0.15, 0.2) is 23.1 Å². The molecule has 0 spiro atoms. The SMILES string of the molecule is COCCN(CC(C)C)C(=O)CC1Sc2ccc(Cl)cc2NC1=O. The lowest BCUT2D eigenvalue weighted by atomic mass is 10.1. The smallest absolute Gasteiger partial charge is 0.238 e. The number of benzene rings is 1. The lowest BCUT2D eigenvalue weighted by molar-refractivity contribution is -0.133. The molecule has 1 unspecified atom stereocenters. The summed E-state index contributed by atoms with van der Waals surface area (Å²) in [6.07, 6.45) is 0.176. The number of halogens is 1. The van der Waals surface area contributed by atoms with Gasteiger partial charge in [0.15, 0.2) is 0 Å². The molecule has 0 saturated heterocycles. The molecule has 0 bridgehead atoms. The number of thioether (sulfide) groups is 1. The number of rotatable bonds is 7. The lowest BCUT2D eigenvalue weighted by Gasteiger charge is -2.28. The van der Waals surface area contributed by atoms with Crippen LogP contribution in [0.1, 0.15) is 20.3 Å². The molecule has 1 aliphatic rings. The normalized spacial score (nSPS) is 16.7. The molecule has 1 N–H and O–H groups in total. The van der Waals surface area contributed by atoms with Gasteiger partial charge in [0.25, 0.3) is 0 Å². The maximum absolute atomic E-state index is 12.6. The summed E-state index contributed by atoms with van der Waals surface area (Å²) in [7, 11) is 1.62. The minimum absolute atomic E-state index is 0.0224. The predicted molar refractivity (Wildman–Crippen MR) is 97.6 cm³/mol. The van der Waals surface area contributed by atoms with Gasteiger partial charge in [0, 0.05) is 36.5 Å². The number of hydrogen-bond acceptors (Lipinski definition) is 4. The first kappa shape index (κ1) is 19.1. The fourth-order valence-corrected chi connectivity index (χ4v) is 3.76. The van der Waals surface area contributed by atoms with Gasteiger partial charge in [0.05, 0.1) is 17.5 Å². The number of hydrogen-bond donors (Lipinski definition) is 1. The molecule has 0 fully saturated rings. The number of carbonyl (C=O) groups excluding carboxylic acids is 2. The quantitative estimate of drug-likeness (QED) is 0.800. The second-order valence-electron chi connectivity index (χ2n) is 6.17. The van der Waals surface area contributed by atoms with Gasteiger partial charge in [0.1, 0.15) is 0 Å². The van der Waals surface area contributed by atoms with E-state index in [1.165, 1.54) is 11.8 Å². The Labute approximate surface area is 152 Å². The summed E-state index contributed by atoms with van der Waals surface area (Å²) >= 11 is 7.36. The maximum atomic E-state index is 12.6. The van der Waals surface area contributed by atoms with Gasteiger partial charge in [0.2, 0.25) is 11.8 Å². The molecule has 2 amide bonds. The number of methoxy groups -OCH3 is 1. The Hall–Kier alpha value is -1.24. The number of anilines is 1. The molecule has 0 saturated carbocycles. The Morgan fingerprint density at radius 3 is 2.88 bits per heavy atom. The van der Waals surface area contributed by atoms with Crippen molar-refractivity contribution >= 4 is 40.9 Å². The van der Waals surface area contributed by atoms with E-state index in [1.54, 1.807) is 24.1 Å². The summed E-state index contributed by atoms with van der Waals surface area (Å²) in [5.74, 6) is 0.187. The highest BCUT2D eigenvalue weighted by molar-refractivity contribution is 8.01. The first-order valence-electron chi connectivity index (χ1n) is 7.94. The first-order chi connectivity index (χ1) is 11.4. The van der Waals surface area contributed by atoms with Crippen LogP contribution in [-0.4, -0.2) is 48.8 Å². The molecule has 0 aliphatic carbocycles. The van der Waals surface area contributed by atoms with Crippen LogP contribution >= 0.6 is 23.4 Å². The highest BCUT2D eigenvalue weighted by atomic mass is 35.5. The van der Waals surface area contributed by atoms with Crippen molar-refractivity contribution in [2.24, 2.45) is 5.92 Å². The lowest BCUT2D eigenvalue weighted by Crippen LogP contribution is -2.40. The van der Waals surface area contributed by atoms with Crippen LogP contribution in [-0.2, 0) is 14.3 Å². The van der Waals surface area contributed by atoms with Crippen LogP contribution in [0.3, 0.4) is 0 Å². The van der Waals surface area contributed by atoms with Crippen LogP contribution < -0.4 is 5.32 Å². The second-order valence-corrected chi connectivity index (χ2v) is 7.85. The van der Waals surface area contributed by atoms with Crippen molar-refractivity contribution in [1.29, 1.82) is 0 Å².